The molecule has 0 aromatic heterocycles. The molecule has 1 N–H and O–H groups in total. The van der Waals surface area contributed by atoms with Crippen LogP contribution >= 0.6 is 0 Å². The van der Waals surface area contributed by atoms with Crippen LogP contribution in [0.25, 0.3) is 0 Å². The lowest BCUT2D eigenvalue weighted by Crippen LogP contribution is -2.20. The summed E-state index contributed by atoms with van der Waals surface area (Å²) in [5, 5.41) is 3.63. The number of benzene rings is 1. The maximum absolute atomic E-state index is 5.69. The number of hydrogen-bond acceptors (Lipinski definition) is 2. The summed E-state index contributed by atoms with van der Waals surface area (Å²) in [6.45, 7) is 4.09. The van der Waals surface area contributed by atoms with Gasteiger partial charge in [-0.3, -0.25) is 0 Å². The molecule has 94 valence electrons. The van der Waals surface area contributed by atoms with Gasteiger partial charge in [-0.15, -0.1) is 0 Å². The van der Waals surface area contributed by atoms with Crippen LogP contribution < -0.4 is 10.1 Å². The van der Waals surface area contributed by atoms with Gasteiger partial charge in [0.15, 0.2) is 0 Å². The monoisotopic (exact) mass is 233 g/mol. The highest BCUT2D eigenvalue weighted by Crippen LogP contribution is 2.25. The second kappa shape index (κ2) is 6.65. The Kier molecular flexibility index (Phi) is 4.87. The van der Waals surface area contributed by atoms with E-state index in [9.17, 15) is 0 Å². The van der Waals surface area contributed by atoms with Crippen molar-refractivity contribution >= 4 is 0 Å². The van der Waals surface area contributed by atoms with Crippen molar-refractivity contribution < 1.29 is 4.74 Å². The Bertz CT molecular complexity index is 329. The third kappa shape index (κ3) is 3.74. The number of ether oxygens (including phenoxy) is 1. The average molecular weight is 233 g/mol. The zero-order valence-corrected chi connectivity index (χ0v) is 10.7. The van der Waals surface area contributed by atoms with Crippen molar-refractivity contribution in [1.29, 1.82) is 0 Å². The molecule has 1 saturated heterocycles. The maximum atomic E-state index is 5.69. The minimum atomic E-state index is 0.516. The van der Waals surface area contributed by atoms with Crippen LogP contribution in [0.5, 0.6) is 5.75 Å². The fourth-order valence-electron chi connectivity index (χ4n) is 2.35. The fraction of sp³-hybridized carbons (Fsp3) is 0.600. The number of hydrogen-bond donors (Lipinski definition) is 1. The molecule has 0 spiro atoms. The first-order valence-corrected chi connectivity index (χ1v) is 6.86. The molecule has 1 heterocycles. The predicted octanol–water partition coefficient (Wildman–Crippen LogP) is 3.68. The molecule has 0 aliphatic carbocycles. The van der Waals surface area contributed by atoms with Crippen molar-refractivity contribution in [3.63, 3.8) is 0 Å². The third-order valence-electron chi connectivity index (χ3n) is 3.29. The van der Waals surface area contributed by atoms with E-state index in [2.05, 4.69) is 36.5 Å². The molecule has 1 aliphatic rings. The molecular weight excluding hydrogens is 210 g/mol. The van der Waals surface area contributed by atoms with Crippen LogP contribution in [0.3, 0.4) is 0 Å². The van der Waals surface area contributed by atoms with Gasteiger partial charge in [0.25, 0.3) is 0 Å². The molecule has 0 bridgehead atoms. The van der Waals surface area contributed by atoms with Crippen LogP contribution in [-0.2, 0) is 0 Å². The van der Waals surface area contributed by atoms with Crippen molar-refractivity contribution in [2.75, 3.05) is 13.2 Å². The molecule has 2 nitrogen and oxygen atoms in total. The van der Waals surface area contributed by atoms with E-state index in [1.165, 1.54) is 31.2 Å². The van der Waals surface area contributed by atoms with Crippen molar-refractivity contribution in [1.82, 2.24) is 5.32 Å². The lowest BCUT2D eigenvalue weighted by atomic mass is 10.0. The van der Waals surface area contributed by atoms with E-state index in [0.29, 0.717) is 6.04 Å². The van der Waals surface area contributed by atoms with E-state index < -0.39 is 0 Å². The van der Waals surface area contributed by atoms with E-state index in [1.807, 2.05) is 0 Å². The summed E-state index contributed by atoms with van der Waals surface area (Å²) in [6.07, 6.45) is 6.30. The van der Waals surface area contributed by atoms with Gasteiger partial charge < -0.3 is 10.1 Å². The quantitative estimate of drug-likeness (QED) is 0.856. The standard InChI is InChI=1S/C15H23NO/c1-2-11-17-14-8-6-7-13(12-14)15-9-4-3-5-10-16-15/h6-8,12,15-16H,2-5,9-11H2,1H3. The molecule has 1 atom stereocenters. The Morgan fingerprint density at radius 3 is 3.12 bits per heavy atom. The van der Waals surface area contributed by atoms with Gasteiger partial charge in [0.1, 0.15) is 5.75 Å². The minimum Gasteiger partial charge on any atom is -0.494 e. The van der Waals surface area contributed by atoms with Crippen molar-refractivity contribution in [2.45, 2.75) is 45.1 Å². The van der Waals surface area contributed by atoms with Crippen molar-refractivity contribution in [3.05, 3.63) is 29.8 Å². The summed E-state index contributed by atoms with van der Waals surface area (Å²) in [5.41, 5.74) is 1.38. The lowest BCUT2D eigenvalue weighted by molar-refractivity contribution is 0.316. The highest BCUT2D eigenvalue weighted by Gasteiger charge is 2.13. The number of nitrogens with one attached hydrogen (secondary N) is 1. The van der Waals surface area contributed by atoms with E-state index >= 15 is 0 Å². The molecule has 1 aromatic rings. The van der Waals surface area contributed by atoms with E-state index in [0.717, 1.165) is 25.3 Å². The molecule has 0 saturated carbocycles. The minimum absolute atomic E-state index is 0.516. The molecule has 17 heavy (non-hydrogen) atoms. The van der Waals surface area contributed by atoms with Gasteiger partial charge in [-0.05, 0) is 43.5 Å². The first-order chi connectivity index (χ1) is 8.40. The lowest BCUT2D eigenvalue weighted by Gasteiger charge is -2.17. The van der Waals surface area contributed by atoms with Crippen LogP contribution in [0.15, 0.2) is 24.3 Å². The molecule has 1 fully saturated rings. The summed E-state index contributed by atoms with van der Waals surface area (Å²) in [4.78, 5) is 0. The van der Waals surface area contributed by atoms with Gasteiger partial charge in [-0.2, -0.15) is 0 Å². The zero-order valence-electron chi connectivity index (χ0n) is 10.7. The van der Waals surface area contributed by atoms with Crippen molar-refractivity contribution in [3.8, 4) is 5.75 Å². The predicted molar refractivity (Wildman–Crippen MR) is 71.4 cm³/mol. The highest BCUT2D eigenvalue weighted by atomic mass is 16.5. The van der Waals surface area contributed by atoms with Gasteiger partial charge in [0.2, 0.25) is 0 Å². The zero-order chi connectivity index (χ0) is 11.9. The van der Waals surface area contributed by atoms with Gasteiger partial charge in [-0.1, -0.05) is 31.9 Å². The summed E-state index contributed by atoms with van der Waals surface area (Å²) < 4.78 is 5.69. The van der Waals surface area contributed by atoms with E-state index in [4.69, 9.17) is 4.74 Å². The van der Waals surface area contributed by atoms with E-state index in [1.54, 1.807) is 0 Å². The largest absolute Gasteiger partial charge is 0.494 e. The Balaban J connectivity index is 2.03. The topological polar surface area (TPSA) is 21.3 Å². The summed E-state index contributed by atoms with van der Waals surface area (Å²) in [6, 6.07) is 9.08. The molecule has 1 aromatic carbocycles. The molecule has 1 unspecified atom stereocenters. The van der Waals surface area contributed by atoms with Crippen LogP contribution in [-0.4, -0.2) is 13.2 Å². The number of rotatable bonds is 4. The smallest absolute Gasteiger partial charge is 0.119 e. The Hall–Kier alpha value is -1.02. The first kappa shape index (κ1) is 12.4. The average Bonchev–Trinajstić information content (AvgIpc) is 2.65. The van der Waals surface area contributed by atoms with Gasteiger partial charge in [0, 0.05) is 6.04 Å². The molecule has 0 radical (unpaired) electrons. The Morgan fingerprint density at radius 1 is 1.29 bits per heavy atom. The summed E-state index contributed by atoms with van der Waals surface area (Å²) in [5.74, 6) is 1.01. The highest BCUT2D eigenvalue weighted by molar-refractivity contribution is 5.30. The fourth-order valence-corrected chi connectivity index (χ4v) is 2.35. The molecule has 0 amide bonds. The second-order valence-electron chi connectivity index (χ2n) is 4.78. The van der Waals surface area contributed by atoms with Crippen LogP contribution in [0.2, 0.25) is 0 Å². The van der Waals surface area contributed by atoms with Crippen LogP contribution in [0.1, 0.15) is 50.6 Å². The molecule has 2 heteroatoms. The van der Waals surface area contributed by atoms with Crippen molar-refractivity contribution in [2.24, 2.45) is 0 Å². The molecule has 2 rings (SSSR count). The Labute approximate surface area is 104 Å². The van der Waals surface area contributed by atoms with E-state index in [-0.39, 0.29) is 0 Å². The maximum Gasteiger partial charge on any atom is 0.119 e. The van der Waals surface area contributed by atoms with Gasteiger partial charge in [0.05, 0.1) is 6.61 Å². The summed E-state index contributed by atoms with van der Waals surface area (Å²) >= 11 is 0. The Morgan fingerprint density at radius 2 is 2.24 bits per heavy atom. The van der Waals surface area contributed by atoms with Gasteiger partial charge in [-0.25, -0.2) is 0 Å². The second-order valence-corrected chi connectivity index (χ2v) is 4.78. The van der Waals surface area contributed by atoms with Crippen LogP contribution in [0, 0.1) is 0 Å². The summed E-state index contributed by atoms with van der Waals surface area (Å²) in [7, 11) is 0. The molecule has 1 aliphatic heterocycles. The third-order valence-corrected chi connectivity index (χ3v) is 3.29. The SMILES string of the molecule is CCCOc1cccc(C2CCCCCN2)c1. The first-order valence-electron chi connectivity index (χ1n) is 6.86. The normalized spacial score (nSPS) is 20.9. The molecular formula is C15H23NO. The van der Waals surface area contributed by atoms with Crippen LogP contribution in [0.4, 0.5) is 0 Å². The van der Waals surface area contributed by atoms with Gasteiger partial charge >= 0.3 is 0 Å².